The van der Waals surface area contributed by atoms with Gasteiger partial charge in [-0.3, -0.25) is 0 Å². The van der Waals surface area contributed by atoms with E-state index in [9.17, 15) is 0 Å². The summed E-state index contributed by atoms with van der Waals surface area (Å²) in [6.45, 7) is 6.57. The van der Waals surface area contributed by atoms with Crippen LogP contribution in [-0.2, 0) is 11.3 Å². The van der Waals surface area contributed by atoms with Gasteiger partial charge >= 0.3 is 0 Å². The van der Waals surface area contributed by atoms with Crippen molar-refractivity contribution in [2.45, 2.75) is 26.6 Å². The summed E-state index contributed by atoms with van der Waals surface area (Å²) in [6, 6.07) is 3.91. The molecule has 0 saturated carbocycles. The zero-order chi connectivity index (χ0) is 11.5. The molecular formula is C12H18N2O2. The minimum atomic E-state index is 0.0542. The van der Waals surface area contributed by atoms with Crippen molar-refractivity contribution in [1.82, 2.24) is 4.98 Å². The summed E-state index contributed by atoms with van der Waals surface area (Å²) in [4.78, 5) is 6.74. The van der Waals surface area contributed by atoms with Crippen molar-refractivity contribution in [2.24, 2.45) is 0 Å². The van der Waals surface area contributed by atoms with Crippen molar-refractivity contribution in [2.75, 3.05) is 24.6 Å². The topological polar surface area (TPSA) is 45.6 Å². The van der Waals surface area contributed by atoms with E-state index < -0.39 is 0 Å². The van der Waals surface area contributed by atoms with Gasteiger partial charge in [-0.1, -0.05) is 6.07 Å². The predicted molar refractivity (Wildman–Crippen MR) is 62.5 cm³/mol. The van der Waals surface area contributed by atoms with Crippen molar-refractivity contribution in [1.29, 1.82) is 0 Å². The van der Waals surface area contributed by atoms with Gasteiger partial charge < -0.3 is 14.7 Å². The molecular weight excluding hydrogens is 204 g/mol. The Hall–Kier alpha value is -1.13. The lowest BCUT2D eigenvalue weighted by Gasteiger charge is -2.32. The second-order valence-electron chi connectivity index (χ2n) is 4.20. The normalized spacial score (nSPS) is 21.2. The number of anilines is 1. The second-order valence-corrected chi connectivity index (χ2v) is 4.20. The van der Waals surface area contributed by atoms with Crippen LogP contribution >= 0.6 is 0 Å². The zero-order valence-corrected chi connectivity index (χ0v) is 9.81. The Morgan fingerprint density at radius 1 is 1.56 bits per heavy atom. The fraction of sp³-hybridized carbons (Fsp3) is 0.583. The minimum absolute atomic E-state index is 0.0542. The van der Waals surface area contributed by atoms with E-state index in [2.05, 4.69) is 16.8 Å². The number of aliphatic hydroxyl groups is 1. The zero-order valence-electron chi connectivity index (χ0n) is 9.81. The number of nitrogens with zero attached hydrogens (tertiary/aromatic N) is 2. The lowest BCUT2D eigenvalue weighted by molar-refractivity contribution is 0.0529. The molecule has 4 heteroatoms. The molecule has 1 saturated heterocycles. The third kappa shape index (κ3) is 2.33. The fourth-order valence-electron chi connectivity index (χ4n) is 1.95. The SMILES string of the molecule is Cc1nc(N2CCOC(C)C2)ccc1CO. The Morgan fingerprint density at radius 3 is 3.00 bits per heavy atom. The van der Waals surface area contributed by atoms with Crippen molar-refractivity contribution < 1.29 is 9.84 Å². The minimum Gasteiger partial charge on any atom is -0.392 e. The molecule has 1 fully saturated rings. The molecule has 0 aliphatic carbocycles. The van der Waals surface area contributed by atoms with Crippen molar-refractivity contribution in [3.63, 3.8) is 0 Å². The van der Waals surface area contributed by atoms with Gasteiger partial charge in [0.25, 0.3) is 0 Å². The molecule has 1 atom stereocenters. The number of aryl methyl sites for hydroxylation is 1. The van der Waals surface area contributed by atoms with Gasteiger partial charge in [-0.2, -0.15) is 0 Å². The van der Waals surface area contributed by atoms with Crippen LogP contribution in [0.4, 0.5) is 5.82 Å². The molecule has 1 aliphatic rings. The van der Waals surface area contributed by atoms with Gasteiger partial charge in [0, 0.05) is 18.8 Å². The highest BCUT2D eigenvalue weighted by atomic mass is 16.5. The van der Waals surface area contributed by atoms with Gasteiger partial charge in [0.2, 0.25) is 0 Å². The molecule has 1 N–H and O–H groups in total. The number of aromatic nitrogens is 1. The van der Waals surface area contributed by atoms with E-state index in [1.165, 1.54) is 0 Å². The molecule has 4 nitrogen and oxygen atoms in total. The van der Waals surface area contributed by atoms with Crippen molar-refractivity contribution in [3.8, 4) is 0 Å². The van der Waals surface area contributed by atoms with Crippen LogP contribution in [0.5, 0.6) is 0 Å². The molecule has 1 aliphatic heterocycles. The molecule has 2 rings (SSSR count). The highest BCUT2D eigenvalue weighted by molar-refractivity contribution is 5.42. The first-order valence-corrected chi connectivity index (χ1v) is 5.64. The largest absolute Gasteiger partial charge is 0.392 e. The number of rotatable bonds is 2. The summed E-state index contributed by atoms with van der Waals surface area (Å²) in [5.41, 5.74) is 1.80. The lowest BCUT2D eigenvalue weighted by Crippen LogP contribution is -2.41. The average molecular weight is 222 g/mol. The molecule has 0 aromatic carbocycles. The van der Waals surface area contributed by atoms with Gasteiger partial charge in [0.1, 0.15) is 5.82 Å². The Morgan fingerprint density at radius 2 is 2.38 bits per heavy atom. The molecule has 0 bridgehead atoms. The quantitative estimate of drug-likeness (QED) is 0.814. The number of morpholine rings is 1. The summed E-state index contributed by atoms with van der Waals surface area (Å²) < 4.78 is 5.50. The number of hydrogen-bond donors (Lipinski definition) is 1. The van der Waals surface area contributed by atoms with Crippen LogP contribution in [0.15, 0.2) is 12.1 Å². The molecule has 2 heterocycles. The van der Waals surface area contributed by atoms with Gasteiger partial charge in [-0.25, -0.2) is 4.98 Å². The molecule has 0 radical (unpaired) electrons. The monoisotopic (exact) mass is 222 g/mol. The first kappa shape index (κ1) is 11.4. The van der Waals surface area contributed by atoms with Crippen LogP contribution < -0.4 is 4.90 Å². The van der Waals surface area contributed by atoms with Crippen LogP contribution in [0.2, 0.25) is 0 Å². The lowest BCUT2D eigenvalue weighted by atomic mass is 10.2. The average Bonchev–Trinajstić information content (AvgIpc) is 2.29. The number of aliphatic hydroxyl groups excluding tert-OH is 1. The maximum Gasteiger partial charge on any atom is 0.128 e. The third-order valence-electron chi connectivity index (χ3n) is 2.92. The van der Waals surface area contributed by atoms with E-state index in [0.29, 0.717) is 0 Å². The highest BCUT2D eigenvalue weighted by Crippen LogP contribution is 2.17. The number of pyridine rings is 1. The Balaban J connectivity index is 2.17. The summed E-state index contributed by atoms with van der Waals surface area (Å²) >= 11 is 0. The Kier molecular flexibility index (Phi) is 3.41. The molecule has 0 spiro atoms. The van der Waals surface area contributed by atoms with Gasteiger partial charge in [-0.15, -0.1) is 0 Å². The van der Waals surface area contributed by atoms with Crippen LogP contribution in [-0.4, -0.2) is 35.9 Å². The third-order valence-corrected chi connectivity index (χ3v) is 2.92. The van der Waals surface area contributed by atoms with Gasteiger partial charge in [0.15, 0.2) is 0 Å². The molecule has 1 aromatic heterocycles. The molecule has 88 valence electrons. The smallest absolute Gasteiger partial charge is 0.128 e. The van der Waals surface area contributed by atoms with Crippen molar-refractivity contribution in [3.05, 3.63) is 23.4 Å². The van der Waals surface area contributed by atoms with Crippen LogP contribution in [0.25, 0.3) is 0 Å². The summed E-state index contributed by atoms with van der Waals surface area (Å²) in [6.07, 6.45) is 0.258. The fourth-order valence-corrected chi connectivity index (χ4v) is 1.95. The van der Waals surface area contributed by atoms with Crippen molar-refractivity contribution >= 4 is 5.82 Å². The van der Waals surface area contributed by atoms with E-state index in [4.69, 9.17) is 9.84 Å². The molecule has 1 unspecified atom stereocenters. The van der Waals surface area contributed by atoms with E-state index in [-0.39, 0.29) is 12.7 Å². The summed E-state index contributed by atoms with van der Waals surface area (Å²) in [7, 11) is 0. The number of hydrogen-bond acceptors (Lipinski definition) is 4. The van der Waals surface area contributed by atoms with E-state index in [1.807, 2.05) is 19.1 Å². The van der Waals surface area contributed by atoms with Gasteiger partial charge in [0.05, 0.1) is 19.3 Å². The van der Waals surface area contributed by atoms with Crippen LogP contribution in [0.1, 0.15) is 18.2 Å². The predicted octanol–water partition coefficient (Wildman–Crippen LogP) is 1.11. The first-order valence-electron chi connectivity index (χ1n) is 5.64. The highest BCUT2D eigenvalue weighted by Gasteiger charge is 2.18. The van der Waals surface area contributed by atoms with Crippen LogP contribution in [0, 0.1) is 6.92 Å². The Labute approximate surface area is 95.9 Å². The van der Waals surface area contributed by atoms with E-state index in [1.54, 1.807) is 0 Å². The molecule has 0 amide bonds. The Bertz CT molecular complexity index is 368. The van der Waals surface area contributed by atoms with E-state index >= 15 is 0 Å². The maximum atomic E-state index is 9.09. The van der Waals surface area contributed by atoms with Crippen LogP contribution in [0.3, 0.4) is 0 Å². The molecule has 16 heavy (non-hydrogen) atoms. The number of ether oxygens (including phenoxy) is 1. The maximum absolute atomic E-state index is 9.09. The molecule has 1 aromatic rings. The second kappa shape index (κ2) is 4.80. The summed E-state index contributed by atoms with van der Waals surface area (Å²) in [5.74, 6) is 0.977. The summed E-state index contributed by atoms with van der Waals surface area (Å²) in [5, 5.41) is 9.09. The standard InChI is InChI=1S/C12H18N2O2/c1-9-7-14(5-6-16-9)12-4-3-11(8-15)10(2)13-12/h3-4,9,15H,5-8H2,1-2H3. The van der Waals surface area contributed by atoms with E-state index in [0.717, 1.165) is 36.8 Å². The first-order chi connectivity index (χ1) is 7.70. The van der Waals surface area contributed by atoms with Gasteiger partial charge in [-0.05, 0) is 25.5 Å².